The smallest absolute Gasteiger partial charge is 0.273 e. The number of methoxy groups -OCH3 is 1. The van der Waals surface area contributed by atoms with Gasteiger partial charge in [-0.3, -0.25) is 15.0 Å². The predicted molar refractivity (Wildman–Crippen MR) is 98.2 cm³/mol. The van der Waals surface area contributed by atoms with Crippen LogP contribution in [0.2, 0.25) is 0 Å². The Hall–Kier alpha value is -2.30. The number of hydrogen-bond acceptors (Lipinski definition) is 3. The summed E-state index contributed by atoms with van der Waals surface area (Å²) in [5.41, 5.74) is 3.44. The van der Waals surface area contributed by atoms with Crippen molar-refractivity contribution in [3.8, 4) is 5.75 Å². The van der Waals surface area contributed by atoms with Crippen LogP contribution in [0.1, 0.15) is 63.2 Å². The second kappa shape index (κ2) is 8.19. The third-order valence-electron chi connectivity index (χ3n) is 4.25. The Balaban J connectivity index is 2.25. The Bertz CT molecular complexity index is 659. The summed E-state index contributed by atoms with van der Waals surface area (Å²) < 4.78 is 5.25. The summed E-state index contributed by atoms with van der Waals surface area (Å²) in [7, 11) is 1.52. The molecule has 1 aromatic carbocycles. The molecule has 2 rings (SSSR count). The molecule has 5 nitrogen and oxygen atoms in total. The average Bonchev–Trinajstić information content (AvgIpc) is 2.87. The summed E-state index contributed by atoms with van der Waals surface area (Å²) in [6.07, 6.45) is 6.95. The highest BCUT2D eigenvalue weighted by Gasteiger charge is 2.31. The zero-order valence-electron chi connectivity index (χ0n) is 15.6. The van der Waals surface area contributed by atoms with E-state index in [1.165, 1.54) is 12.1 Å². The number of benzene rings is 1. The Morgan fingerprint density at radius 2 is 1.84 bits per heavy atom. The highest BCUT2D eigenvalue weighted by Crippen LogP contribution is 2.23. The van der Waals surface area contributed by atoms with Gasteiger partial charge in [-0.05, 0) is 58.6 Å². The van der Waals surface area contributed by atoms with E-state index in [1.807, 2.05) is 26.8 Å². The third-order valence-corrected chi connectivity index (χ3v) is 4.25. The maximum absolute atomic E-state index is 13.0. The first-order valence-corrected chi connectivity index (χ1v) is 8.82. The lowest BCUT2D eigenvalue weighted by Gasteiger charge is -2.36. The number of rotatable bonds is 3. The molecule has 0 unspecified atom stereocenters. The molecule has 0 atom stereocenters. The van der Waals surface area contributed by atoms with Crippen LogP contribution < -0.4 is 10.2 Å². The number of hydrazine groups is 1. The van der Waals surface area contributed by atoms with Gasteiger partial charge in [0.15, 0.2) is 0 Å². The molecule has 25 heavy (non-hydrogen) atoms. The molecule has 2 amide bonds. The summed E-state index contributed by atoms with van der Waals surface area (Å²) in [5, 5.41) is 1.44. The van der Waals surface area contributed by atoms with Gasteiger partial charge in [-0.2, -0.15) is 0 Å². The average molecular weight is 344 g/mol. The molecular formula is C20H28N2O3. The van der Waals surface area contributed by atoms with E-state index in [1.54, 1.807) is 24.3 Å². The highest BCUT2D eigenvalue weighted by molar-refractivity contribution is 6.00. The molecule has 0 fully saturated rings. The van der Waals surface area contributed by atoms with E-state index in [9.17, 15) is 9.59 Å². The molecule has 0 radical (unpaired) electrons. The Kier molecular flexibility index (Phi) is 6.23. The predicted octanol–water partition coefficient (Wildman–Crippen LogP) is 3.86. The molecule has 0 saturated heterocycles. The monoisotopic (exact) mass is 344 g/mol. The first-order valence-electron chi connectivity index (χ1n) is 8.82. The SMILES string of the molecule is COc1ccccc1C(=O)NN(C(=O)C1=CCCCCC1)C(C)(C)C. The van der Waals surface area contributed by atoms with E-state index in [2.05, 4.69) is 5.43 Å². The molecule has 1 aliphatic carbocycles. The van der Waals surface area contributed by atoms with Gasteiger partial charge in [0.25, 0.3) is 11.8 Å². The number of carbonyl (C=O) groups is 2. The fourth-order valence-corrected chi connectivity index (χ4v) is 2.87. The fourth-order valence-electron chi connectivity index (χ4n) is 2.87. The van der Waals surface area contributed by atoms with Gasteiger partial charge in [0.05, 0.1) is 18.2 Å². The number of carbonyl (C=O) groups excluding carboxylic acids is 2. The van der Waals surface area contributed by atoms with E-state index >= 15 is 0 Å². The van der Waals surface area contributed by atoms with Crippen molar-refractivity contribution >= 4 is 11.8 Å². The number of nitrogens with zero attached hydrogens (tertiary/aromatic N) is 1. The van der Waals surface area contributed by atoms with E-state index in [4.69, 9.17) is 4.74 Å². The molecule has 1 aliphatic rings. The number of nitrogens with one attached hydrogen (secondary N) is 1. The normalized spacial score (nSPS) is 15.0. The minimum absolute atomic E-state index is 0.127. The van der Waals surface area contributed by atoms with Gasteiger partial charge < -0.3 is 4.74 Å². The lowest BCUT2D eigenvalue weighted by Crippen LogP contribution is -2.56. The van der Waals surface area contributed by atoms with E-state index < -0.39 is 5.54 Å². The lowest BCUT2D eigenvalue weighted by molar-refractivity contribution is -0.135. The van der Waals surface area contributed by atoms with E-state index in [0.717, 1.165) is 37.7 Å². The van der Waals surface area contributed by atoms with Crippen molar-refractivity contribution in [3.63, 3.8) is 0 Å². The Labute approximate surface area is 150 Å². The van der Waals surface area contributed by atoms with Crippen molar-refractivity contribution in [3.05, 3.63) is 41.5 Å². The van der Waals surface area contributed by atoms with Gasteiger partial charge in [-0.25, -0.2) is 5.01 Å². The summed E-state index contributed by atoms with van der Waals surface area (Å²) >= 11 is 0. The van der Waals surface area contributed by atoms with Crippen molar-refractivity contribution in [2.75, 3.05) is 7.11 Å². The van der Waals surface area contributed by atoms with E-state index in [-0.39, 0.29) is 11.8 Å². The van der Waals surface area contributed by atoms with Crippen LogP contribution in [-0.4, -0.2) is 29.5 Å². The van der Waals surface area contributed by atoms with Crippen LogP contribution in [0.5, 0.6) is 5.75 Å². The molecule has 0 aliphatic heterocycles. The topological polar surface area (TPSA) is 58.6 Å². The largest absolute Gasteiger partial charge is 0.496 e. The second-order valence-corrected chi connectivity index (χ2v) is 7.28. The lowest BCUT2D eigenvalue weighted by atomic mass is 10.0. The highest BCUT2D eigenvalue weighted by atomic mass is 16.5. The van der Waals surface area contributed by atoms with Crippen LogP contribution in [0.4, 0.5) is 0 Å². The number of para-hydroxylation sites is 1. The summed E-state index contributed by atoms with van der Waals surface area (Å²) in [4.78, 5) is 25.8. The van der Waals surface area contributed by atoms with Crippen LogP contribution >= 0.6 is 0 Å². The van der Waals surface area contributed by atoms with Crippen molar-refractivity contribution in [2.24, 2.45) is 0 Å². The molecule has 0 bridgehead atoms. The van der Waals surface area contributed by atoms with Crippen LogP contribution in [0.25, 0.3) is 0 Å². The number of allylic oxidation sites excluding steroid dienone is 1. The minimum atomic E-state index is -0.540. The van der Waals surface area contributed by atoms with Crippen molar-refractivity contribution < 1.29 is 14.3 Å². The number of ether oxygens (including phenoxy) is 1. The summed E-state index contributed by atoms with van der Waals surface area (Å²) in [6, 6.07) is 6.99. The Morgan fingerprint density at radius 3 is 2.52 bits per heavy atom. The van der Waals surface area contributed by atoms with Crippen LogP contribution in [0, 0.1) is 0 Å². The molecule has 0 saturated carbocycles. The molecule has 0 spiro atoms. The van der Waals surface area contributed by atoms with Gasteiger partial charge in [0.2, 0.25) is 0 Å². The quantitative estimate of drug-likeness (QED) is 0.847. The van der Waals surface area contributed by atoms with E-state index in [0.29, 0.717) is 11.3 Å². The van der Waals surface area contributed by atoms with Crippen LogP contribution in [0.3, 0.4) is 0 Å². The summed E-state index contributed by atoms with van der Waals surface area (Å²) in [5.74, 6) is 0.00239. The third kappa shape index (κ3) is 4.84. The summed E-state index contributed by atoms with van der Waals surface area (Å²) in [6.45, 7) is 5.72. The molecule has 0 aromatic heterocycles. The molecule has 1 N–H and O–H groups in total. The zero-order valence-corrected chi connectivity index (χ0v) is 15.6. The standard InChI is InChI=1S/C20H28N2O3/c1-20(2,3)22(19(24)15-11-7-5-6-8-12-15)21-18(23)16-13-9-10-14-17(16)25-4/h9-11,13-14H,5-8,12H2,1-4H3,(H,21,23). The van der Waals surface area contributed by atoms with Gasteiger partial charge in [-0.1, -0.05) is 24.6 Å². The van der Waals surface area contributed by atoms with Crippen LogP contribution in [0.15, 0.2) is 35.9 Å². The van der Waals surface area contributed by atoms with Crippen molar-refractivity contribution in [1.29, 1.82) is 0 Å². The van der Waals surface area contributed by atoms with Crippen LogP contribution in [-0.2, 0) is 4.79 Å². The zero-order chi connectivity index (χ0) is 18.4. The first-order chi connectivity index (χ1) is 11.8. The first kappa shape index (κ1) is 19.0. The van der Waals surface area contributed by atoms with Gasteiger partial charge in [-0.15, -0.1) is 0 Å². The molecular weight excluding hydrogens is 316 g/mol. The van der Waals surface area contributed by atoms with Crippen molar-refractivity contribution in [2.45, 2.75) is 58.4 Å². The maximum Gasteiger partial charge on any atom is 0.273 e. The minimum Gasteiger partial charge on any atom is -0.496 e. The molecule has 1 aromatic rings. The molecule has 0 heterocycles. The Morgan fingerprint density at radius 1 is 1.12 bits per heavy atom. The molecule has 136 valence electrons. The van der Waals surface area contributed by atoms with Gasteiger partial charge >= 0.3 is 0 Å². The van der Waals surface area contributed by atoms with Gasteiger partial charge in [0, 0.05) is 5.57 Å². The maximum atomic E-state index is 13.0. The number of amides is 2. The number of hydrogen-bond donors (Lipinski definition) is 1. The fraction of sp³-hybridized carbons (Fsp3) is 0.500. The van der Waals surface area contributed by atoms with Gasteiger partial charge in [0.1, 0.15) is 5.75 Å². The van der Waals surface area contributed by atoms with Crippen molar-refractivity contribution in [1.82, 2.24) is 10.4 Å². The second-order valence-electron chi connectivity index (χ2n) is 7.28. The molecule has 5 heteroatoms.